The molecule has 0 aliphatic heterocycles. The van der Waals surface area contributed by atoms with Crippen LogP contribution in [-0.2, 0) is 20.9 Å². The number of methoxy groups -OCH3 is 5. The van der Waals surface area contributed by atoms with Crippen LogP contribution in [-0.4, -0.2) is 57.4 Å². The van der Waals surface area contributed by atoms with E-state index in [1.165, 1.54) is 39.8 Å². The summed E-state index contributed by atoms with van der Waals surface area (Å²) in [6.45, 7) is 2.02. The van der Waals surface area contributed by atoms with Crippen LogP contribution in [0.1, 0.15) is 39.1 Å². The number of carbonyl (C=O) groups excluding carboxylic acids is 2. The fourth-order valence-electron chi connectivity index (χ4n) is 3.50. The molecule has 1 aromatic carbocycles. The van der Waals surface area contributed by atoms with Crippen LogP contribution in [0, 0.1) is 6.92 Å². The van der Waals surface area contributed by atoms with Gasteiger partial charge in [-0.2, -0.15) is 4.98 Å². The summed E-state index contributed by atoms with van der Waals surface area (Å²) in [7, 11) is 7.41. The quantitative estimate of drug-likeness (QED) is 0.428. The molecule has 2 heterocycles. The Morgan fingerprint density at radius 3 is 2.38 bits per heavy atom. The van der Waals surface area contributed by atoms with E-state index >= 15 is 0 Å². The van der Waals surface area contributed by atoms with Crippen molar-refractivity contribution in [2.45, 2.75) is 26.0 Å². The van der Waals surface area contributed by atoms with Crippen molar-refractivity contribution in [2.75, 3.05) is 35.5 Å². The number of amides is 1. The van der Waals surface area contributed by atoms with Gasteiger partial charge in [0, 0.05) is 7.11 Å². The number of ether oxygens (including phenoxy) is 5. The Kier molecular flexibility index (Phi) is 8.24. The van der Waals surface area contributed by atoms with Gasteiger partial charge < -0.3 is 29.0 Å². The molecule has 0 aliphatic rings. The first-order valence-corrected chi connectivity index (χ1v) is 11.1. The maximum absolute atomic E-state index is 13.4. The third-order valence-corrected chi connectivity index (χ3v) is 6.37. The summed E-state index contributed by atoms with van der Waals surface area (Å²) < 4.78 is 26.1. The van der Waals surface area contributed by atoms with Crippen molar-refractivity contribution >= 4 is 33.4 Å². The van der Waals surface area contributed by atoms with Crippen molar-refractivity contribution in [3.05, 3.63) is 40.0 Å². The van der Waals surface area contributed by atoms with Gasteiger partial charge in [0.05, 0.1) is 51.2 Å². The van der Waals surface area contributed by atoms with E-state index in [1.807, 2.05) is 0 Å². The summed E-state index contributed by atoms with van der Waals surface area (Å²) in [5.41, 5.74) is 1.34. The first kappa shape index (κ1) is 25.2. The third-order valence-electron chi connectivity index (χ3n) is 5.19. The maximum atomic E-state index is 13.4. The van der Waals surface area contributed by atoms with Gasteiger partial charge in [0.2, 0.25) is 5.88 Å². The molecule has 0 fully saturated rings. The average molecular weight is 490 g/mol. The SMILES string of the molecule is COCc1nc(OC)c2c(C)c(C(=O)NC(CC(=O)OC)c3ccc(OC)c(OC)c3)sc2n1. The number of aryl methyl sites for hydroxylation is 1. The number of nitrogens with zero attached hydrogens (tertiary/aromatic N) is 2. The molecule has 0 bridgehead atoms. The van der Waals surface area contributed by atoms with Crippen LogP contribution in [0.2, 0.25) is 0 Å². The first-order chi connectivity index (χ1) is 16.4. The second kappa shape index (κ2) is 11.1. The summed E-state index contributed by atoms with van der Waals surface area (Å²) >= 11 is 1.22. The maximum Gasteiger partial charge on any atom is 0.307 e. The minimum absolute atomic E-state index is 0.0667. The summed E-state index contributed by atoms with van der Waals surface area (Å²) in [6.07, 6.45) is -0.0667. The monoisotopic (exact) mass is 489 g/mol. The van der Waals surface area contributed by atoms with Gasteiger partial charge in [-0.05, 0) is 30.2 Å². The van der Waals surface area contributed by atoms with Gasteiger partial charge in [0.25, 0.3) is 5.91 Å². The van der Waals surface area contributed by atoms with Gasteiger partial charge in [-0.1, -0.05) is 6.07 Å². The molecule has 1 atom stereocenters. The van der Waals surface area contributed by atoms with Crippen LogP contribution < -0.4 is 19.5 Å². The van der Waals surface area contributed by atoms with Crippen LogP contribution >= 0.6 is 11.3 Å². The van der Waals surface area contributed by atoms with Gasteiger partial charge in [0.15, 0.2) is 17.3 Å². The molecule has 1 unspecified atom stereocenters. The predicted octanol–water partition coefficient (Wildman–Crippen LogP) is 3.21. The molecular weight excluding hydrogens is 462 g/mol. The average Bonchev–Trinajstić information content (AvgIpc) is 3.19. The molecule has 0 saturated heterocycles. The first-order valence-electron chi connectivity index (χ1n) is 10.3. The van der Waals surface area contributed by atoms with E-state index in [-0.39, 0.29) is 18.9 Å². The number of hydrogen-bond acceptors (Lipinski definition) is 10. The molecule has 34 heavy (non-hydrogen) atoms. The molecular formula is C23H27N3O7S. The standard InChI is InChI=1S/C23H27N3O7S/c1-12-19-22(33-6)25-17(11-29-2)26-23(19)34-20(12)21(28)24-14(10-18(27)32-5)13-7-8-15(30-3)16(9-13)31-4/h7-9,14H,10-11H2,1-6H3,(H,24,28). The van der Waals surface area contributed by atoms with Crippen LogP contribution in [0.15, 0.2) is 18.2 Å². The molecule has 0 aliphatic carbocycles. The number of thiophene rings is 1. The Morgan fingerprint density at radius 2 is 1.76 bits per heavy atom. The van der Waals surface area contributed by atoms with Crippen molar-refractivity contribution in [1.29, 1.82) is 0 Å². The number of carbonyl (C=O) groups is 2. The lowest BCUT2D eigenvalue weighted by molar-refractivity contribution is -0.141. The Bertz CT molecular complexity index is 1200. The Labute approximate surface area is 201 Å². The summed E-state index contributed by atoms with van der Waals surface area (Å²) in [5, 5.41) is 3.60. The highest BCUT2D eigenvalue weighted by Crippen LogP contribution is 2.36. The fraction of sp³-hybridized carbons (Fsp3) is 0.391. The number of esters is 1. The van der Waals surface area contributed by atoms with Gasteiger partial charge in [-0.25, -0.2) is 4.98 Å². The van der Waals surface area contributed by atoms with Gasteiger partial charge in [-0.15, -0.1) is 11.3 Å². The van der Waals surface area contributed by atoms with Crippen molar-refractivity contribution in [3.8, 4) is 17.4 Å². The van der Waals surface area contributed by atoms with Gasteiger partial charge >= 0.3 is 5.97 Å². The molecule has 0 radical (unpaired) electrons. The molecule has 3 aromatic rings. The predicted molar refractivity (Wildman–Crippen MR) is 126 cm³/mol. The second-order valence-corrected chi connectivity index (χ2v) is 8.24. The second-order valence-electron chi connectivity index (χ2n) is 7.24. The highest BCUT2D eigenvalue weighted by atomic mass is 32.1. The molecule has 11 heteroatoms. The largest absolute Gasteiger partial charge is 0.493 e. The normalized spacial score (nSPS) is 11.7. The topological polar surface area (TPSA) is 118 Å². The molecule has 1 N–H and O–H groups in total. The zero-order valence-electron chi connectivity index (χ0n) is 19.9. The number of hydrogen-bond donors (Lipinski definition) is 1. The zero-order valence-corrected chi connectivity index (χ0v) is 20.7. The minimum Gasteiger partial charge on any atom is -0.493 e. The molecule has 10 nitrogen and oxygen atoms in total. The van der Waals surface area contributed by atoms with E-state index in [9.17, 15) is 9.59 Å². The van der Waals surface area contributed by atoms with Crippen LogP contribution in [0.25, 0.3) is 10.2 Å². The fourth-order valence-corrected chi connectivity index (χ4v) is 4.59. The molecule has 3 rings (SSSR count). The lowest BCUT2D eigenvalue weighted by Crippen LogP contribution is -2.30. The Hall–Kier alpha value is -3.44. The van der Waals surface area contributed by atoms with E-state index in [4.69, 9.17) is 23.7 Å². The number of nitrogens with one attached hydrogen (secondary N) is 1. The lowest BCUT2D eigenvalue weighted by Gasteiger charge is -2.19. The van der Waals surface area contributed by atoms with Crippen LogP contribution in [0.3, 0.4) is 0 Å². The number of rotatable bonds is 10. The highest BCUT2D eigenvalue weighted by molar-refractivity contribution is 7.20. The molecule has 1 amide bonds. The van der Waals surface area contributed by atoms with E-state index in [0.29, 0.717) is 49.4 Å². The van der Waals surface area contributed by atoms with Crippen molar-refractivity contribution < 1.29 is 33.3 Å². The number of aromatic nitrogens is 2. The highest BCUT2D eigenvalue weighted by Gasteiger charge is 2.25. The molecule has 2 aromatic heterocycles. The lowest BCUT2D eigenvalue weighted by atomic mass is 10.0. The minimum atomic E-state index is -0.665. The molecule has 0 spiro atoms. The molecule has 0 saturated carbocycles. The van der Waals surface area contributed by atoms with Gasteiger partial charge in [0.1, 0.15) is 11.4 Å². The van der Waals surface area contributed by atoms with Crippen LogP contribution in [0.5, 0.6) is 17.4 Å². The van der Waals surface area contributed by atoms with E-state index in [0.717, 1.165) is 0 Å². The zero-order chi connectivity index (χ0) is 24.8. The summed E-state index contributed by atoms with van der Waals surface area (Å²) in [6, 6.07) is 4.53. The Morgan fingerprint density at radius 1 is 1.03 bits per heavy atom. The van der Waals surface area contributed by atoms with Crippen molar-refractivity contribution in [1.82, 2.24) is 15.3 Å². The molecule has 182 valence electrons. The van der Waals surface area contributed by atoms with E-state index < -0.39 is 12.0 Å². The van der Waals surface area contributed by atoms with Crippen molar-refractivity contribution in [2.24, 2.45) is 0 Å². The smallest absolute Gasteiger partial charge is 0.307 e. The number of fused-ring (bicyclic) bond motifs is 1. The third kappa shape index (κ3) is 5.20. The van der Waals surface area contributed by atoms with Gasteiger partial charge in [-0.3, -0.25) is 9.59 Å². The van der Waals surface area contributed by atoms with E-state index in [2.05, 4.69) is 15.3 Å². The summed E-state index contributed by atoms with van der Waals surface area (Å²) in [5.74, 6) is 1.01. The Balaban J connectivity index is 1.99. The number of benzene rings is 1. The van der Waals surface area contributed by atoms with Crippen molar-refractivity contribution in [3.63, 3.8) is 0 Å². The van der Waals surface area contributed by atoms with E-state index in [1.54, 1.807) is 32.2 Å². The summed E-state index contributed by atoms with van der Waals surface area (Å²) in [4.78, 5) is 35.4. The van der Waals surface area contributed by atoms with Crippen LogP contribution in [0.4, 0.5) is 0 Å².